The molecule has 0 spiro atoms. The van der Waals surface area contributed by atoms with Gasteiger partial charge in [-0.1, -0.05) is 37.4 Å². The molecule has 0 fully saturated rings. The van der Waals surface area contributed by atoms with Crippen LogP contribution in [0.3, 0.4) is 0 Å². The van der Waals surface area contributed by atoms with Crippen LogP contribution in [0.1, 0.15) is 43.9 Å². The Hall–Kier alpha value is -6.53. The molecule has 0 aromatic heterocycles. The number of ether oxygens (including phenoxy) is 7. The SMILES string of the molecule is C=CC(=O)OCCCCOc1ccc(C(=O)Oc2ccc(C(=O)Oc3ccc(-c4ccc(C(=O)OCCOCCOC(=O)C=C)cc4)cc3)cc2)cc1. The van der Waals surface area contributed by atoms with Crippen molar-refractivity contribution in [1.29, 1.82) is 0 Å². The van der Waals surface area contributed by atoms with Crippen molar-refractivity contribution in [2.24, 2.45) is 0 Å². The zero-order chi connectivity index (χ0) is 37.8. The number of benzene rings is 4. The molecule has 0 saturated heterocycles. The molecule has 0 N–H and O–H groups in total. The number of unbranched alkanes of at least 4 members (excludes halogenated alkanes) is 1. The molecule has 4 aromatic rings. The van der Waals surface area contributed by atoms with Gasteiger partial charge in [-0.05, 0) is 96.8 Å². The first-order chi connectivity index (χ1) is 25.7. The highest BCUT2D eigenvalue weighted by molar-refractivity contribution is 5.93. The molecular weight excluding hydrogens is 684 g/mol. The highest BCUT2D eigenvalue weighted by atomic mass is 16.6. The highest BCUT2D eigenvalue weighted by Gasteiger charge is 2.13. The molecule has 4 rings (SSSR count). The maximum atomic E-state index is 12.8. The lowest BCUT2D eigenvalue weighted by atomic mass is 10.0. The van der Waals surface area contributed by atoms with Crippen LogP contribution in [0, 0.1) is 0 Å². The van der Waals surface area contributed by atoms with E-state index in [9.17, 15) is 24.0 Å². The van der Waals surface area contributed by atoms with Crippen LogP contribution in [0.2, 0.25) is 0 Å². The molecule has 274 valence electrons. The van der Waals surface area contributed by atoms with Crippen LogP contribution >= 0.6 is 0 Å². The summed E-state index contributed by atoms with van der Waals surface area (Å²) in [7, 11) is 0. The molecule has 53 heavy (non-hydrogen) atoms. The fraction of sp³-hybridized carbons (Fsp3) is 0.195. The number of rotatable bonds is 20. The zero-order valence-electron chi connectivity index (χ0n) is 28.9. The third-order valence-corrected chi connectivity index (χ3v) is 7.23. The van der Waals surface area contributed by atoms with E-state index in [1.165, 1.54) is 24.3 Å². The minimum absolute atomic E-state index is 0.0445. The van der Waals surface area contributed by atoms with Gasteiger partial charge in [-0.3, -0.25) is 0 Å². The Kier molecular flexibility index (Phi) is 15.5. The molecule has 0 bridgehead atoms. The summed E-state index contributed by atoms with van der Waals surface area (Å²) < 4.78 is 36.8. The van der Waals surface area contributed by atoms with E-state index in [4.69, 9.17) is 33.2 Å². The van der Waals surface area contributed by atoms with Crippen molar-refractivity contribution in [2.45, 2.75) is 12.8 Å². The molecule has 0 saturated carbocycles. The molecule has 0 amide bonds. The maximum absolute atomic E-state index is 12.8. The van der Waals surface area contributed by atoms with E-state index in [-0.39, 0.29) is 44.3 Å². The van der Waals surface area contributed by atoms with Crippen molar-refractivity contribution in [2.75, 3.05) is 39.6 Å². The van der Waals surface area contributed by atoms with Crippen molar-refractivity contribution in [1.82, 2.24) is 0 Å². The largest absolute Gasteiger partial charge is 0.494 e. The van der Waals surface area contributed by atoms with Crippen LogP contribution in [0.25, 0.3) is 11.1 Å². The van der Waals surface area contributed by atoms with E-state index in [0.717, 1.165) is 23.3 Å². The van der Waals surface area contributed by atoms with Gasteiger partial charge >= 0.3 is 29.8 Å². The Bertz CT molecular complexity index is 1850. The fourth-order valence-corrected chi connectivity index (χ4v) is 4.46. The lowest BCUT2D eigenvalue weighted by molar-refractivity contribution is -0.139. The summed E-state index contributed by atoms with van der Waals surface area (Å²) in [6.45, 7) is 7.81. The smallest absolute Gasteiger partial charge is 0.343 e. The van der Waals surface area contributed by atoms with Crippen molar-refractivity contribution in [3.63, 3.8) is 0 Å². The normalized spacial score (nSPS) is 10.3. The Morgan fingerprint density at radius 3 is 1.36 bits per heavy atom. The number of esters is 5. The monoisotopic (exact) mass is 722 g/mol. The third kappa shape index (κ3) is 13.3. The van der Waals surface area contributed by atoms with E-state index < -0.39 is 29.8 Å². The van der Waals surface area contributed by atoms with Crippen molar-refractivity contribution in [3.8, 4) is 28.4 Å². The fourth-order valence-electron chi connectivity index (χ4n) is 4.46. The van der Waals surface area contributed by atoms with Crippen LogP contribution in [0.5, 0.6) is 17.2 Å². The average Bonchev–Trinajstić information content (AvgIpc) is 3.19. The first-order valence-electron chi connectivity index (χ1n) is 16.6. The van der Waals surface area contributed by atoms with Crippen molar-refractivity contribution < 1.29 is 57.1 Å². The zero-order valence-corrected chi connectivity index (χ0v) is 28.9. The second-order valence-corrected chi connectivity index (χ2v) is 11.0. The molecule has 0 radical (unpaired) electrons. The van der Waals surface area contributed by atoms with Gasteiger partial charge in [0.2, 0.25) is 0 Å². The molecule has 12 nitrogen and oxygen atoms in total. The highest BCUT2D eigenvalue weighted by Crippen LogP contribution is 2.24. The summed E-state index contributed by atoms with van der Waals surface area (Å²) >= 11 is 0. The minimum Gasteiger partial charge on any atom is -0.494 e. The number of hydrogen-bond acceptors (Lipinski definition) is 12. The third-order valence-electron chi connectivity index (χ3n) is 7.23. The van der Waals surface area contributed by atoms with E-state index in [2.05, 4.69) is 13.2 Å². The molecule has 0 aliphatic heterocycles. The molecule has 0 unspecified atom stereocenters. The van der Waals surface area contributed by atoms with Crippen LogP contribution in [-0.2, 0) is 28.5 Å². The summed E-state index contributed by atoms with van der Waals surface area (Å²) in [6, 6.07) is 26.2. The van der Waals surface area contributed by atoms with Gasteiger partial charge < -0.3 is 33.2 Å². The second kappa shape index (κ2) is 21.0. The van der Waals surface area contributed by atoms with E-state index in [0.29, 0.717) is 42.1 Å². The van der Waals surface area contributed by atoms with E-state index in [1.54, 1.807) is 72.8 Å². The lowest BCUT2D eigenvalue weighted by Crippen LogP contribution is -2.14. The van der Waals surface area contributed by atoms with E-state index >= 15 is 0 Å². The predicted molar refractivity (Wildman–Crippen MR) is 193 cm³/mol. The van der Waals surface area contributed by atoms with Gasteiger partial charge in [-0.2, -0.15) is 0 Å². The number of carbonyl (C=O) groups excluding carboxylic acids is 5. The minimum atomic E-state index is -0.589. The van der Waals surface area contributed by atoms with Crippen LogP contribution in [-0.4, -0.2) is 69.5 Å². The first-order valence-corrected chi connectivity index (χ1v) is 16.6. The maximum Gasteiger partial charge on any atom is 0.343 e. The molecule has 0 heterocycles. The van der Waals surface area contributed by atoms with Gasteiger partial charge in [-0.25, -0.2) is 24.0 Å². The van der Waals surface area contributed by atoms with Crippen molar-refractivity contribution >= 4 is 29.8 Å². The van der Waals surface area contributed by atoms with Gasteiger partial charge in [0.25, 0.3) is 0 Å². The van der Waals surface area contributed by atoms with Gasteiger partial charge in [0.05, 0.1) is 43.1 Å². The van der Waals surface area contributed by atoms with Gasteiger partial charge in [0.1, 0.15) is 30.5 Å². The molecule has 12 heteroatoms. The summed E-state index contributed by atoms with van der Waals surface area (Å²) in [4.78, 5) is 59.7. The Labute approximate surface area is 306 Å². The lowest BCUT2D eigenvalue weighted by Gasteiger charge is -2.09. The summed E-state index contributed by atoms with van der Waals surface area (Å²) in [6.07, 6.45) is 3.51. The molecular formula is C41H38O12. The summed E-state index contributed by atoms with van der Waals surface area (Å²) in [5.74, 6) is -1.49. The molecule has 0 atom stereocenters. The molecule has 0 aliphatic carbocycles. The van der Waals surface area contributed by atoms with Gasteiger partial charge in [0.15, 0.2) is 0 Å². The number of hydrogen-bond donors (Lipinski definition) is 0. The number of carbonyl (C=O) groups is 5. The Morgan fingerprint density at radius 2 is 0.830 bits per heavy atom. The predicted octanol–water partition coefficient (Wildman–Crippen LogP) is 6.58. The second-order valence-electron chi connectivity index (χ2n) is 11.0. The van der Waals surface area contributed by atoms with Gasteiger partial charge in [0, 0.05) is 12.2 Å². The van der Waals surface area contributed by atoms with Crippen LogP contribution in [0.15, 0.2) is 122 Å². The topological polar surface area (TPSA) is 150 Å². The van der Waals surface area contributed by atoms with E-state index in [1.807, 2.05) is 0 Å². The van der Waals surface area contributed by atoms with Crippen LogP contribution in [0.4, 0.5) is 0 Å². The molecule has 0 aliphatic rings. The Morgan fingerprint density at radius 1 is 0.434 bits per heavy atom. The quantitative estimate of drug-likeness (QED) is 0.0319. The van der Waals surface area contributed by atoms with Gasteiger partial charge in [-0.15, -0.1) is 0 Å². The molecule has 4 aromatic carbocycles. The van der Waals surface area contributed by atoms with Crippen LogP contribution < -0.4 is 14.2 Å². The Balaban J connectivity index is 1.17. The first kappa shape index (κ1) is 39.3. The summed E-state index contributed by atoms with van der Waals surface area (Å²) in [5.41, 5.74) is 2.63. The summed E-state index contributed by atoms with van der Waals surface area (Å²) in [5, 5.41) is 0. The average molecular weight is 723 g/mol. The standard InChI is InChI=1S/C41H38O12/c1-3-37(42)49-24-6-5-23-48-34-17-13-32(14-18-34)40(45)53-36-21-15-33(16-22-36)41(46)52-35-19-11-30(12-20-35)29-7-9-31(10-8-29)39(44)51-28-26-47-25-27-50-38(43)4-2/h3-4,7-22H,1-2,5-6,23-28H2. The van der Waals surface area contributed by atoms with Crippen molar-refractivity contribution in [3.05, 3.63) is 139 Å².